The largest absolute Gasteiger partial charge is 0.270 e. The van der Waals surface area contributed by atoms with Crippen LogP contribution in [0, 0.1) is 10.1 Å². The third kappa shape index (κ3) is 1.32. The number of fused-ring (bicyclic) bond motifs is 5. The first-order valence-electron chi connectivity index (χ1n) is 5.98. The van der Waals surface area contributed by atoms with Crippen molar-refractivity contribution < 1.29 is 4.92 Å². The van der Waals surface area contributed by atoms with Crippen LogP contribution in [-0.4, -0.2) is 14.7 Å². The van der Waals surface area contributed by atoms with Crippen LogP contribution in [-0.2, 0) is 6.42 Å². The molecule has 5 nitrogen and oxygen atoms in total. The number of nitro benzene ring substituents is 1. The lowest BCUT2D eigenvalue weighted by Crippen LogP contribution is -1.93. The maximum Gasteiger partial charge on any atom is 0.270 e. The molecular weight excluding hydrogens is 242 g/mol. The van der Waals surface area contributed by atoms with E-state index in [-0.39, 0.29) is 10.6 Å². The zero-order valence-electron chi connectivity index (χ0n) is 9.91. The van der Waals surface area contributed by atoms with Crippen LogP contribution in [0.3, 0.4) is 0 Å². The smallest absolute Gasteiger partial charge is 0.258 e. The molecule has 0 saturated heterocycles. The molecule has 2 heterocycles. The Morgan fingerprint density at radius 2 is 2.05 bits per heavy atom. The van der Waals surface area contributed by atoms with Crippen molar-refractivity contribution in [1.29, 1.82) is 0 Å². The Morgan fingerprint density at radius 1 is 1.21 bits per heavy atom. The third-order valence-electron chi connectivity index (χ3n) is 3.54. The lowest BCUT2D eigenvalue weighted by molar-refractivity contribution is -0.384. The molecule has 5 heteroatoms. The number of para-hydroxylation sites is 1. The fourth-order valence-electron chi connectivity index (χ4n) is 2.65. The maximum absolute atomic E-state index is 10.9. The molecule has 0 amide bonds. The number of nitrogens with zero attached hydrogens (tertiary/aromatic N) is 3. The van der Waals surface area contributed by atoms with Crippen LogP contribution >= 0.6 is 0 Å². The number of rotatable bonds is 1. The van der Waals surface area contributed by atoms with Gasteiger partial charge in [0.15, 0.2) is 0 Å². The fraction of sp³-hybridized carbons (Fsp3) is 0.0714. The lowest BCUT2D eigenvalue weighted by Gasteiger charge is -1.98. The molecule has 1 aromatic heterocycles. The highest BCUT2D eigenvalue weighted by atomic mass is 16.6. The highest BCUT2D eigenvalue weighted by Gasteiger charge is 2.23. The van der Waals surface area contributed by atoms with Crippen molar-refractivity contribution in [2.75, 3.05) is 0 Å². The Morgan fingerprint density at radius 3 is 2.89 bits per heavy atom. The van der Waals surface area contributed by atoms with Crippen molar-refractivity contribution in [3.8, 4) is 5.69 Å². The molecule has 0 spiro atoms. The predicted molar refractivity (Wildman–Crippen MR) is 70.5 cm³/mol. The van der Waals surface area contributed by atoms with Crippen LogP contribution in [0.25, 0.3) is 16.6 Å². The zero-order chi connectivity index (χ0) is 13.0. The highest BCUT2D eigenvalue weighted by Crippen LogP contribution is 2.33. The molecular formula is C14H9N3O2. The molecule has 0 saturated carbocycles. The van der Waals surface area contributed by atoms with E-state index >= 15 is 0 Å². The molecule has 92 valence electrons. The molecule has 0 unspecified atom stereocenters. The van der Waals surface area contributed by atoms with Crippen LogP contribution in [0.2, 0.25) is 0 Å². The number of benzene rings is 2. The second-order valence-electron chi connectivity index (χ2n) is 4.62. The monoisotopic (exact) mass is 251 g/mol. The van der Waals surface area contributed by atoms with Gasteiger partial charge in [-0.25, -0.2) is 4.68 Å². The Balaban J connectivity index is 2.01. The van der Waals surface area contributed by atoms with Gasteiger partial charge in [-0.3, -0.25) is 10.1 Å². The van der Waals surface area contributed by atoms with E-state index in [0.29, 0.717) is 0 Å². The van der Waals surface area contributed by atoms with E-state index in [1.54, 1.807) is 12.1 Å². The summed E-state index contributed by atoms with van der Waals surface area (Å²) in [6, 6.07) is 12.9. The average molecular weight is 251 g/mol. The van der Waals surface area contributed by atoms with Gasteiger partial charge in [0.05, 0.1) is 21.8 Å². The lowest BCUT2D eigenvalue weighted by atomic mass is 10.1. The van der Waals surface area contributed by atoms with Gasteiger partial charge >= 0.3 is 0 Å². The number of nitro groups is 1. The summed E-state index contributed by atoms with van der Waals surface area (Å²) in [5.74, 6) is 0. The molecule has 0 N–H and O–H groups in total. The predicted octanol–water partition coefficient (Wildman–Crippen LogP) is 2.84. The van der Waals surface area contributed by atoms with Gasteiger partial charge in [0.1, 0.15) is 0 Å². The van der Waals surface area contributed by atoms with Crippen LogP contribution in [0.4, 0.5) is 5.69 Å². The molecule has 1 aliphatic rings. The molecule has 1 aliphatic heterocycles. The third-order valence-corrected chi connectivity index (χ3v) is 3.54. The van der Waals surface area contributed by atoms with Gasteiger partial charge < -0.3 is 0 Å². The van der Waals surface area contributed by atoms with Crippen LogP contribution in [0.1, 0.15) is 11.3 Å². The van der Waals surface area contributed by atoms with Crippen molar-refractivity contribution in [3.05, 3.63) is 63.8 Å². The molecule has 0 atom stereocenters. The van der Waals surface area contributed by atoms with Crippen LogP contribution in [0.5, 0.6) is 0 Å². The minimum atomic E-state index is -0.369. The van der Waals surface area contributed by atoms with Crippen molar-refractivity contribution in [3.63, 3.8) is 0 Å². The Bertz CT molecular complexity index is 836. The van der Waals surface area contributed by atoms with Crippen molar-refractivity contribution in [2.45, 2.75) is 6.42 Å². The maximum atomic E-state index is 10.9. The van der Waals surface area contributed by atoms with Gasteiger partial charge in [0.25, 0.3) is 5.69 Å². The van der Waals surface area contributed by atoms with E-state index in [2.05, 4.69) is 11.2 Å². The molecule has 0 fully saturated rings. The first-order chi connectivity index (χ1) is 9.24. The summed E-state index contributed by atoms with van der Waals surface area (Å²) in [5, 5.41) is 16.3. The quantitative estimate of drug-likeness (QED) is 0.386. The van der Waals surface area contributed by atoms with Crippen molar-refractivity contribution >= 4 is 16.6 Å². The normalized spacial score (nSPS) is 12.4. The Hall–Kier alpha value is -2.69. The zero-order valence-corrected chi connectivity index (χ0v) is 9.91. The van der Waals surface area contributed by atoms with E-state index in [0.717, 1.165) is 28.7 Å². The van der Waals surface area contributed by atoms with Gasteiger partial charge in [-0.15, -0.1) is 0 Å². The molecule has 2 aromatic carbocycles. The molecule has 0 bridgehead atoms. The summed E-state index contributed by atoms with van der Waals surface area (Å²) in [7, 11) is 0. The van der Waals surface area contributed by atoms with Crippen LogP contribution in [0.15, 0.2) is 42.5 Å². The Kier molecular flexibility index (Phi) is 1.84. The average Bonchev–Trinajstić information content (AvgIpc) is 2.94. The molecule has 0 aliphatic carbocycles. The van der Waals surface area contributed by atoms with Gasteiger partial charge in [0.2, 0.25) is 0 Å². The standard InChI is InChI=1S/C14H9N3O2/c18-17(19)10-5-6-12-11(8-10)14-7-9-3-1-2-4-13(9)16(14)15-12/h1-6,8H,7H2. The number of hydrogen-bond donors (Lipinski definition) is 0. The van der Waals surface area contributed by atoms with Gasteiger partial charge in [-0.1, -0.05) is 18.2 Å². The second-order valence-corrected chi connectivity index (χ2v) is 4.62. The summed E-state index contributed by atoms with van der Waals surface area (Å²) in [4.78, 5) is 10.5. The second kappa shape index (κ2) is 3.41. The SMILES string of the molecule is O=[N+]([O-])c1ccc2nn3c(c2c1)Cc1ccccc1-3. The number of aromatic nitrogens is 2. The van der Waals surface area contributed by atoms with E-state index in [1.807, 2.05) is 22.9 Å². The van der Waals surface area contributed by atoms with E-state index in [9.17, 15) is 10.1 Å². The molecule has 0 radical (unpaired) electrons. The molecule has 19 heavy (non-hydrogen) atoms. The fourth-order valence-corrected chi connectivity index (χ4v) is 2.65. The summed E-state index contributed by atoms with van der Waals surface area (Å²) in [6.45, 7) is 0. The highest BCUT2D eigenvalue weighted by molar-refractivity contribution is 5.86. The molecule has 3 aromatic rings. The summed E-state index contributed by atoms with van der Waals surface area (Å²) < 4.78 is 1.89. The summed E-state index contributed by atoms with van der Waals surface area (Å²) >= 11 is 0. The minimum Gasteiger partial charge on any atom is -0.258 e. The van der Waals surface area contributed by atoms with E-state index in [4.69, 9.17) is 0 Å². The molecule has 4 rings (SSSR count). The minimum absolute atomic E-state index is 0.110. The first kappa shape index (κ1) is 10.3. The van der Waals surface area contributed by atoms with Gasteiger partial charge in [-0.2, -0.15) is 5.10 Å². The van der Waals surface area contributed by atoms with E-state index in [1.165, 1.54) is 11.6 Å². The van der Waals surface area contributed by atoms with Gasteiger partial charge in [-0.05, 0) is 17.7 Å². The van der Waals surface area contributed by atoms with Crippen molar-refractivity contribution in [2.24, 2.45) is 0 Å². The van der Waals surface area contributed by atoms with Gasteiger partial charge in [0, 0.05) is 23.9 Å². The summed E-state index contributed by atoms with van der Waals surface area (Å²) in [5.41, 5.74) is 4.21. The number of hydrogen-bond acceptors (Lipinski definition) is 3. The van der Waals surface area contributed by atoms with E-state index < -0.39 is 0 Å². The summed E-state index contributed by atoms with van der Waals surface area (Å²) in [6.07, 6.45) is 0.772. The van der Waals surface area contributed by atoms with Crippen LogP contribution < -0.4 is 0 Å². The number of non-ortho nitro benzene ring substituents is 1. The van der Waals surface area contributed by atoms with Crippen molar-refractivity contribution in [1.82, 2.24) is 9.78 Å². The topological polar surface area (TPSA) is 61.0 Å². The Labute approximate surface area is 108 Å². The first-order valence-corrected chi connectivity index (χ1v) is 5.98.